The lowest BCUT2D eigenvalue weighted by molar-refractivity contribution is 0.165. The zero-order valence-electron chi connectivity index (χ0n) is 14.9. The molecule has 6 nitrogen and oxygen atoms in total. The molecular weight excluding hydrogens is 314 g/mol. The molecule has 0 aliphatic carbocycles. The first-order valence-corrected chi connectivity index (χ1v) is 8.96. The van der Waals surface area contributed by atoms with E-state index < -0.39 is 0 Å². The van der Waals surface area contributed by atoms with Crippen LogP contribution in [0, 0.1) is 12.8 Å². The van der Waals surface area contributed by atoms with E-state index in [-0.39, 0.29) is 0 Å². The fourth-order valence-corrected chi connectivity index (χ4v) is 3.77. The summed E-state index contributed by atoms with van der Waals surface area (Å²) < 4.78 is 7.89. The number of likely N-dealkylation sites (tertiary alicyclic amines) is 1. The molecule has 1 aliphatic heterocycles. The number of imidazole rings is 1. The second-order valence-electron chi connectivity index (χ2n) is 7.08. The molecule has 1 saturated heterocycles. The Bertz CT molecular complexity index is 830. The van der Waals surface area contributed by atoms with Gasteiger partial charge >= 0.3 is 0 Å². The van der Waals surface area contributed by atoms with Crippen molar-refractivity contribution in [1.29, 1.82) is 0 Å². The SMILES string of the molecule is Cc1ccc(-c2[nH]ncc2CN2CCC[C@@H](Cc3nccn3C)C2)o1. The molecule has 1 fully saturated rings. The van der Waals surface area contributed by atoms with Crippen molar-refractivity contribution in [1.82, 2.24) is 24.6 Å². The van der Waals surface area contributed by atoms with Crippen LogP contribution in [0.3, 0.4) is 0 Å². The minimum Gasteiger partial charge on any atom is -0.460 e. The Morgan fingerprint density at radius 1 is 1.36 bits per heavy atom. The van der Waals surface area contributed by atoms with Gasteiger partial charge in [-0.15, -0.1) is 0 Å². The van der Waals surface area contributed by atoms with Crippen LogP contribution in [0.4, 0.5) is 0 Å². The Kier molecular flexibility index (Phi) is 4.44. The zero-order valence-corrected chi connectivity index (χ0v) is 14.9. The summed E-state index contributed by atoms with van der Waals surface area (Å²) in [5.74, 6) is 3.63. The molecule has 0 unspecified atom stereocenters. The molecule has 1 N–H and O–H groups in total. The summed E-state index contributed by atoms with van der Waals surface area (Å²) in [6, 6.07) is 4.00. The third-order valence-electron chi connectivity index (χ3n) is 5.09. The lowest BCUT2D eigenvalue weighted by atomic mass is 9.94. The van der Waals surface area contributed by atoms with E-state index >= 15 is 0 Å². The third-order valence-corrected chi connectivity index (χ3v) is 5.09. The van der Waals surface area contributed by atoms with E-state index in [1.807, 2.05) is 37.6 Å². The lowest BCUT2D eigenvalue weighted by Gasteiger charge is -2.32. The van der Waals surface area contributed by atoms with E-state index in [9.17, 15) is 0 Å². The highest BCUT2D eigenvalue weighted by Crippen LogP contribution is 2.27. The molecule has 0 spiro atoms. The first kappa shape index (κ1) is 16.1. The fourth-order valence-electron chi connectivity index (χ4n) is 3.77. The van der Waals surface area contributed by atoms with Crippen molar-refractivity contribution in [3.8, 4) is 11.5 Å². The van der Waals surface area contributed by atoms with Gasteiger partial charge in [0, 0.05) is 44.5 Å². The standard InChI is InChI=1S/C19H25N5O/c1-14-5-6-17(25-14)19-16(11-21-22-19)13-24-8-3-4-15(12-24)10-18-20-7-9-23(18)2/h5-7,9,11,15H,3-4,8,10,12-13H2,1-2H3,(H,21,22)/t15-/m0/s1. The monoisotopic (exact) mass is 339 g/mol. The van der Waals surface area contributed by atoms with Crippen LogP contribution in [0.25, 0.3) is 11.5 Å². The summed E-state index contributed by atoms with van der Waals surface area (Å²) in [5.41, 5.74) is 2.20. The Morgan fingerprint density at radius 3 is 3.04 bits per heavy atom. The van der Waals surface area contributed by atoms with Crippen LogP contribution >= 0.6 is 0 Å². The lowest BCUT2D eigenvalue weighted by Crippen LogP contribution is -2.36. The number of hydrogen-bond donors (Lipinski definition) is 1. The van der Waals surface area contributed by atoms with E-state index in [4.69, 9.17) is 4.42 Å². The van der Waals surface area contributed by atoms with Crippen LogP contribution < -0.4 is 0 Å². The summed E-state index contributed by atoms with van der Waals surface area (Å²) in [6.07, 6.45) is 9.41. The molecule has 25 heavy (non-hydrogen) atoms. The van der Waals surface area contributed by atoms with Gasteiger partial charge in [0.15, 0.2) is 5.76 Å². The first-order valence-electron chi connectivity index (χ1n) is 8.96. The van der Waals surface area contributed by atoms with Crippen LogP contribution in [-0.2, 0) is 20.0 Å². The molecule has 0 aromatic carbocycles. The quantitative estimate of drug-likeness (QED) is 0.775. The van der Waals surface area contributed by atoms with Gasteiger partial charge in [-0.1, -0.05) is 0 Å². The van der Waals surface area contributed by atoms with Gasteiger partial charge in [0.2, 0.25) is 0 Å². The number of piperidine rings is 1. The number of furan rings is 1. The number of rotatable bonds is 5. The maximum atomic E-state index is 5.76. The maximum Gasteiger partial charge on any atom is 0.152 e. The van der Waals surface area contributed by atoms with Crippen molar-refractivity contribution in [2.45, 2.75) is 32.7 Å². The molecule has 1 atom stereocenters. The van der Waals surface area contributed by atoms with Crippen molar-refractivity contribution in [2.75, 3.05) is 13.1 Å². The van der Waals surface area contributed by atoms with Crippen molar-refractivity contribution in [3.05, 3.63) is 47.9 Å². The van der Waals surface area contributed by atoms with E-state index in [1.54, 1.807) is 0 Å². The number of nitrogens with one attached hydrogen (secondary N) is 1. The fraction of sp³-hybridized carbons (Fsp3) is 0.474. The predicted octanol–water partition coefficient (Wildman–Crippen LogP) is 3.17. The maximum absolute atomic E-state index is 5.76. The normalized spacial score (nSPS) is 18.7. The summed E-state index contributed by atoms with van der Waals surface area (Å²) >= 11 is 0. The highest BCUT2D eigenvalue weighted by molar-refractivity contribution is 5.56. The van der Waals surface area contributed by atoms with E-state index in [0.717, 1.165) is 43.3 Å². The van der Waals surface area contributed by atoms with Gasteiger partial charge in [-0.2, -0.15) is 5.10 Å². The number of aromatic nitrogens is 4. The van der Waals surface area contributed by atoms with Crippen LogP contribution in [0.1, 0.15) is 30.0 Å². The summed E-state index contributed by atoms with van der Waals surface area (Å²) in [6.45, 7) is 5.11. The van der Waals surface area contributed by atoms with Gasteiger partial charge in [0.1, 0.15) is 17.3 Å². The van der Waals surface area contributed by atoms with E-state index in [2.05, 4.69) is 31.7 Å². The Morgan fingerprint density at radius 2 is 2.28 bits per heavy atom. The van der Waals surface area contributed by atoms with Crippen molar-refractivity contribution in [2.24, 2.45) is 13.0 Å². The van der Waals surface area contributed by atoms with E-state index in [1.165, 1.54) is 24.2 Å². The minimum absolute atomic E-state index is 0.663. The molecule has 0 amide bonds. The minimum atomic E-state index is 0.663. The second kappa shape index (κ2) is 6.88. The van der Waals surface area contributed by atoms with Gasteiger partial charge < -0.3 is 8.98 Å². The second-order valence-corrected chi connectivity index (χ2v) is 7.08. The third kappa shape index (κ3) is 3.54. The number of H-pyrrole nitrogens is 1. The molecule has 0 saturated carbocycles. The zero-order chi connectivity index (χ0) is 17.2. The number of aromatic amines is 1. The van der Waals surface area contributed by atoms with Crippen molar-refractivity contribution >= 4 is 0 Å². The number of aryl methyl sites for hydroxylation is 2. The largest absolute Gasteiger partial charge is 0.460 e. The van der Waals surface area contributed by atoms with Gasteiger partial charge in [-0.05, 0) is 44.4 Å². The predicted molar refractivity (Wildman–Crippen MR) is 95.9 cm³/mol. The highest BCUT2D eigenvalue weighted by atomic mass is 16.3. The molecule has 0 bridgehead atoms. The van der Waals surface area contributed by atoms with Gasteiger partial charge in [-0.25, -0.2) is 4.98 Å². The Hall–Kier alpha value is -2.34. The molecule has 4 rings (SSSR count). The number of hydrogen-bond acceptors (Lipinski definition) is 4. The summed E-state index contributed by atoms with van der Waals surface area (Å²) in [4.78, 5) is 7.01. The van der Waals surface area contributed by atoms with Crippen molar-refractivity contribution in [3.63, 3.8) is 0 Å². The molecular formula is C19H25N5O. The molecule has 1 aliphatic rings. The molecule has 132 valence electrons. The average Bonchev–Trinajstić information content (AvgIpc) is 3.31. The number of nitrogens with zero attached hydrogens (tertiary/aromatic N) is 4. The molecule has 6 heteroatoms. The van der Waals surface area contributed by atoms with Crippen LogP contribution in [0.2, 0.25) is 0 Å². The first-order chi connectivity index (χ1) is 12.2. The molecule has 3 aromatic heterocycles. The molecule has 3 aromatic rings. The summed E-state index contributed by atoms with van der Waals surface area (Å²) in [5, 5.41) is 7.34. The van der Waals surface area contributed by atoms with Crippen molar-refractivity contribution < 1.29 is 4.42 Å². The van der Waals surface area contributed by atoms with Gasteiger partial charge in [0.25, 0.3) is 0 Å². The van der Waals surface area contributed by atoms with Crippen LogP contribution in [-0.4, -0.2) is 37.7 Å². The highest BCUT2D eigenvalue weighted by Gasteiger charge is 2.23. The van der Waals surface area contributed by atoms with Gasteiger partial charge in [0.05, 0.1) is 6.20 Å². The molecule has 4 heterocycles. The molecule has 0 radical (unpaired) electrons. The Balaban J connectivity index is 1.43. The average molecular weight is 339 g/mol. The van der Waals surface area contributed by atoms with E-state index in [0.29, 0.717) is 5.92 Å². The summed E-state index contributed by atoms with van der Waals surface area (Å²) in [7, 11) is 2.08. The topological polar surface area (TPSA) is 62.9 Å². The van der Waals surface area contributed by atoms with Gasteiger partial charge in [-0.3, -0.25) is 10.00 Å². The smallest absolute Gasteiger partial charge is 0.152 e. The van der Waals surface area contributed by atoms with Crippen LogP contribution in [0.5, 0.6) is 0 Å². The van der Waals surface area contributed by atoms with Crippen LogP contribution in [0.15, 0.2) is 35.1 Å². The Labute approximate surface area is 147 Å².